The molecule has 0 saturated carbocycles. The van der Waals surface area contributed by atoms with Gasteiger partial charge in [0, 0.05) is 12.1 Å². The van der Waals surface area contributed by atoms with E-state index in [0.717, 1.165) is 5.56 Å². The van der Waals surface area contributed by atoms with Crippen LogP contribution in [0.25, 0.3) is 17.0 Å². The lowest BCUT2D eigenvalue weighted by Crippen LogP contribution is -2.26. The van der Waals surface area contributed by atoms with Crippen molar-refractivity contribution >= 4 is 11.5 Å². The number of ether oxygens (including phenoxy) is 1. The van der Waals surface area contributed by atoms with Crippen molar-refractivity contribution in [3.05, 3.63) is 72.5 Å². The fourth-order valence-corrected chi connectivity index (χ4v) is 2.65. The topological polar surface area (TPSA) is 84.6 Å². The third-order valence-corrected chi connectivity index (χ3v) is 4.07. The average Bonchev–Trinajstić information content (AvgIpc) is 3.16. The van der Waals surface area contributed by atoms with Gasteiger partial charge >= 0.3 is 0 Å². The van der Waals surface area contributed by atoms with Crippen LogP contribution in [0, 0.1) is 5.82 Å². The maximum absolute atomic E-state index is 12.9. The minimum atomic E-state index is -0.767. The number of fused-ring (bicyclic) bond motifs is 1. The smallest absolute Gasteiger partial charge is 0.185 e. The Hall–Kier alpha value is -3.52. The zero-order valence-electron chi connectivity index (χ0n) is 14.9. The van der Waals surface area contributed by atoms with Gasteiger partial charge in [-0.2, -0.15) is 4.52 Å². The number of aliphatic hydroxyl groups excluding tert-OH is 1. The van der Waals surface area contributed by atoms with E-state index in [2.05, 4.69) is 20.6 Å². The van der Waals surface area contributed by atoms with Crippen LogP contribution in [0.5, 0.6) is 5.75 Å². The Balaban J connectivity index is 1.40. The van der Waals surface area contributed by atoms with Gasteiger partial charge in [0.25, 0.3) is 0 Å². The quantitative estimate of drug-likeness (QED) is 0.514. The van der Waals surface area contributed by atoms with Gasteiger partial charge in [0.05, 0.1) is 0 Å². The minimum absolute atomic E-state index is 0.0722. The van der Waals surface area contributed by atoms with Crippen LogP contribution in [-0.2, 0) is 0 Å². The first-order valence-corrected chi connectivity index (χ1v) is 8.77. The molecule has 28 heavy (non-hydrogen) atoms. The lowest BCUT2D eigenvalue weighted by atomic mass is 10.2. The van der Waals surface area contributed by atoms with E-state index >= 15 is 0 Å². The van der Waals surface area contributed by atoms with Gasteiger partial charge in [-0.25, -0.2) is 4.39 Å². The van der Waals surface area contributed by atoms with Crippen molar-refractivity contribution in [1.82, 2.24) is 19.8 Å². The number of aliphatic hydroxyl groups is 1. The number of hydrogen-bond donors (Lipinski definition) is 2. The van der Waals surface area contributed by atoms with Gasteiger partial charge in [-0.3, -0.25) is 0 Å². The van der Waals surface area contributed by atoms with Gasteiger partial charge in [0.2, 0.25) is 0 Å². The van der Waals surface area contributed by atoms with Crippen molar-refractivity contribution in [2.45, 2.75) is 6.10 Å². The third-order valence-electron chi connectivity index (χ3n) is 4.07. The molecule has 0 aliphatic carbocycles. The van der Waals surface area contributed by atoms with Crippen LogP contribution in [0.1, 0.15) is 0 Å². The van der Waals surface area contributed by atoms with Crippen molar-refractivity contribution in [1.29, 1.82) is 0 Å². The predicted octanol–water partition coefficient (Wildman–Crippen LogP) is 2.78. The zero-order valence-corrected chi connectivity index (χ0v) is 14.9. The highest BCUT2D eigenvalue weighted by Crippen LogP contribution is 2.18. The van der Waals surface area contributed by atoms with E-state index in [0.29, 0.717) is 23.0 Å². The van der Waals surface area contributed by atoms with Gasteiger partial charge < -0.3 is 15.2 Å². The van der Waals surface area contributed by atoms with Crippen LogP contribution < -0.4 is 10.1 Å². The molecule has 1 unspecified atom stereocenters. The molecule has 0 aliphatic rings. The fraction of sp³-hybridized carbons (Fsp3) is 0.150. The zero-order chi connectivity index (χ0) is 19.3. The molecule has 0 radical (unpaired) electrons. The minimum Gasteiger partial charge on any atom is -0.491 e. The second kappa shape index (κ2) is 8.01. The van der Waals surface area contributed by atoms with Crippen molar-refractivity contribution in [3.63, 3.8) is 0 Å². The summed E-state index contributed by atoms with van der Waals surface area (Å²) in [6.45, 7) is 0.311. The van der Waals surface area contributed by atoms with Crippen LogP contribution >= 0.6 is 0 Å². The second-order valence-corrected chi connectivity index (χ2v) is 6.18. The highest BCUT2D eigenvalue weighted by atomic mass is 19.1. The van der Waals surface area contributed by atoms with E-state index in [1.165, 1.54) is 24.3 Å². The fourth-order valence-electron chi connectivity index (χ4n) is 2.65. The molecule has 0 amide bonds. The van der Waals surface area contributed by atoms with E-state index < -0.39 is 6.10 Å². The molecule has 7 nitrogen and oxygen atoms in total. The van der Waals surface area contributed by atoms with Crippen LogP contribution in [0.3, 0.4) is 0 Å². The summed E-state index contributed by atoms with van der Waals surface area (Å²) < 4.78 is 20.0. The Labute approximate surface area is 160 Å². The summed E-state index contributed by atoms with van der Waals surface area (Å²) >= 11 is 0. The Kier molecular flexibility index (Phi) is 5.11. The third kappa shape index (κ3) is 4.07. The lowest BCUT2D eigenvalue weighted by Gasteiger charge is -2.13. The molecule has 1 atom stereocenters. The molecule has 2 heterocycles. The van der Waals surface area contributed by atoms with E-state index in [4.69, 9.17) is 4.74 Å². The van der Waals surface area contributed by atoms with E-state index in [1.807, 2.05) is 30.3 Å². The summed E-state index contributed by atoms with van der Waals surface area (Å²) in [5.41, 5.74) is 1.54. The van der Waals surface area contributed by atoms with Crippen LogP contribution in [-0.4, -0.2) is 44.2 Å². The molecule has 0 aliphatic heterocycles. The first-order valence-electron chi connectivity index (χ1n) is 8.77. The molecule has 2 N–H and O–H groups in total. The Morgan fingerprint density at radius 3 is 2.57 bits per heavy atom. The number of nitrogens with one attached hydrogen (secondary N) is 1. The van der Waals surface area contributed by atoms with Crippen LogP contribution in [0.4, 0.5) is 10.2 Å². The Morgan fingerprint density at radius 2 is 1.79 bits per heavy atom. The first-order chi connectivity index (χ1) is 13.7. The molecule has 0 spiro atoms. The number of nitrogens with zero attached hydrogens (tertiary/aromatic N) is 4. The molecule has 0 fully saturated rings. The molecule has 4 rings (SSSR count). The van der Waals surface area contributed by atoms with Crippen molar-refractivity contribution in [3.8, 4) is 17.1 Å². The Bertz CT molecular complexity index is 1050. The predicted molar refractivity (Wildman–Crippen MR) is 103 cm³/mol. The lowest BCUT2D eigenvalue weighted by molar-refractivity contribution is 0.117. The normalized spacial score (nSPS) is 12.1. The van der Waals surface area contributed by atoms with Gasteiger partial charge in [-0.1, -0.05) is 30.3 Å². The largest absolute Gasteiger partial charge is 0.491 e. The number of aromatic nitrogens is 4. The summed E-state index contributed by atoms with van der Waals surface area (Å²) in [5.74, 6) is 1.38. The molecule has 2 aromatic heterocycles. The van der Waals surface area contributed by atoms with E-state index in [9.17, 15) is 9.50 Å². The van der Waals surface area contributed by atoms with Crippen LogP contribution in [0.15, 0.2) is 66.7 Å². The van der Waals surface area contributed by atoms with Gasteiger partial charge in [0.15, 0.2) is 11.5 Å². The molecule has 4 aromatic rings. The van der Waals surface area contributed by atoms with Gasteiger partial charge in [-0.15, -0.1) is 15.3 Å². The molecule has 8 heteroatoms. The second-order valence-electron chi connectivity index (χ2n) is 6.18. The molecule has 2 aromatic carbocycles. The maximum atomic E-state index is 12.9. The standard InChI is InChI=1S/C20H18FN5O2/c21-15-6-8-17(9-7-15)28-13-16(27)12-22-18-10-11-19-23-24-20(26(19)25-18)14-4-2-1-3-5-14/h1-11,16,27H,12-13H2,(H,22,25). The number of rotatable bonds is 7. The molecule has 0 saturated heterocycles. The van der Waals surface area contributed by atoms with Gasteiger partial charge in [-0.05, 0) is 36.4 Å². The monoisotopic (exact) mass is 379 g/mol. The Morgan fingerprint density at radius 1 is 1.00 bits per heavy atom. The molecule has 142 valence electrons. The van der Waals surface area contributed by atoms with E-state index in [-0.39, 0.29) is 19.0 Å². The highest BCUT2D eigenvalue weighted by Gasteiger charge is 2.11. The highest BCUT2D eigenvalue weighted by molar-refractivity contribution is 5.59. The molecule has 0 bridgehead atoms. The van der Waals surface area contributed by atoms with Crippen molar-refractivity contribution < 1.29 is 14.2 Å². The van der Waals surface area contributed by atoms with E-state index in [1.54, 1.807) is 16.6 Å². The average molecular weight is 379 g/mol. The molecular formula is C20H18FN5O2. The van der Waals surface area contributed by atoms with Crippen molar-refractivity contribution in [2.75, 3.05) is 18.5 Å². The summed E-state index contributed by atoms with van der Waals surface area (Å²) in [4.78, 5) is 0. The SMILES string of the molecule is OC(CNc1ccc2nnc(-c3ccccc3)n2n1)COc1ccc(F)cc1. The summed E-state index contributed by atoms with van der Waals surface area (Å²) in [5, 5.41) is 26.0. The molecular weight excluding hydrogens is 361 g/mol. The maximum Gasteiger partial charge on any atom is 0.185 e. The summed E-state index contributed by atoms with van der Waals surface area (Å²) in [7, 11) is 0. The number of benzene rings is 2. The summed E-state index contributed by atoms with van der Waals surface area (Å²) in [6, 6.07) is 18.9. The summed E-state index contributed by atoms with van der Waals surface area (Å²) in [6.07, 6.45) is -0.767. The number of anilines is 1. The first kappa shape index (κ1) is 17.9. The van der Waals surface area contributed by atoms with Gasteiger partial charge in [0.1, 0.15) is 30.1 Å². The number of halogens is 1. The van der Waals surface area contributed by atoms with Crippen LogP contribution in [0.2, 0.25) is 0 Å². The van der Waals surface area contributed by atoms with Crippen molar-refractivity contribution in [2.24, 2.45) is 0 Å². The number of hydrogen-bond acceptors (Lipinski definition) is 6.